The van der Waals surface area contributed by atoms with E-state index in [1.165, 1.54) is 6.21 Å². The van der Waals surface area contributed by atoms with Crippen molar-refractivity contribution in [3.05, 3.63) is 69.9 Å². The van der Waals surface area contributed by atoms with Crippen LogP contribution in [0, 0.1) is 0 Å². The van der Waals surface area contributed by atoms with Crippen molar-refractivity contribution in [2.24, 2.45) is 12.2 Å². The predicted molar refractivity (Wildman–Crippen MR) is 117 cm³/mol. The molecule has 0 aliphatic rings. The van der Waals surface area contributed by atoms with Gasteiger partial charge in [0.25, 0.3) is 0 Å². The Kier molecular flexibility index (Phi) is 5.37. The molecule has 2 aromatic carbocycles. The molecule has 0 spiro atoms. The number of imidazole rings is 1. The maximum atomic E-state index is 8.64. The van der Waals surface area contributed by atoms with Crippen LogP contribution in [0.25, 0.3) is 11.0 Å². The highest BCUT2D eigenvalue weighted by atomic mass is 79.9. The number of nitrogens with one attached hydrogen (secondary N) is 1. The van der Waals surface area contributed by atoms with Crippen molar-refractivity contribution in [3.63, 3.8) is 0 Å². The van der Waals surface area contributed by atoms with Gasteiger partial charge in [-0.2, -0.15) is 0 Å². The number of aromatic nitrogens is 3. The minimum atomic E-state index is 0.489. The number of benzene rings is 2. The SMILES string of the molecule is Cn1c(Nc2ccc(Br)c(Cl)c2)nc2cc(Oc3ccnc(C=NO)c3)ccc21. The van der Waals surface area contributed by atoms with E-state index in [0.29, 0.717) is 28.2 Å². The summed E-state index contributed by atoms with van der Waals surface area (Å²) in [4.78, 5) is 8.72. The molecule has 0 amide bonds. The minimum absolute atomic E-state index is 0.489. The second-order valence-corrected chi connectivity index (χ2v) is 7.42. The molecule has 0 radical (unpaired) electrons. The minimum Gasteiger partial charge on any atom is -0.457 e. The quantitative estimate of drug-likeness (QED) is 0.220. The van der Waals surface area contributed by atoms with Gasteiger partial charge in [0.15, 0.2) is 0 Å². The zero-order chi connectivity index (χ0) is 20.4. The van der Waals surface area contributed by atoms with E-state index < -0.39 is 0 Å². The van der Waals surface area contributed by atoms with Gasteiger partial charge in [-0.3, -0.25) is 4.98 Å². The van der Waals surface area contributed by atoms with Crippen molar-refractivity contribution in [2.75, 3.05) is 5.32 Å². The molecule has 0 unspecified atom stereocenters. The average Bonchev–Trinajstić information content (AvgIpc) is 3.00. The summed E-state index contributed by atoms with van der Waals surface area (Å²) in [6.07, 6.45) is 2.82. The molecular weight excluding hydrogens is 458 g/mol. The smallest absolute Gasteiger partial charge is 0.208 e. The third kappa shape index (κ3) is 4.18. The lowest BCUT2D eigenvalue weighted by Gasteiger charge is -2.07. The number of fused-ring (bicyclic) bond motifs is 1. The van der Waals surface area contributed by atoms with Gasteiger partial charge in [-0.05, 0) is 52.3 Å². The molecule has 7 nitrogen and oxygen atoms in total. The summed E-state index contributed by atoms with van der Waals surface area (Å²) in [5, 5.41) is 15.5. The van der Waals surface area contributed by atoms with Crippen LogP contribution < -0.4 is 10.1 Å². The Morgan fingerprint density at radius 3 is 2.79 bits per heavy atom. The second kappa shape index (κ2) is 8.10. The number of aryl methyl sites for hydroxylation is 1. The first kappa shape index (κ1) is 19.2. The summed E-state index contributed by atoms with van der Waals surface area (Å²) in [7, 11) is 1.93. The molecule has 2 aromatic heterocycles. The molecule has 0 saturated carbocycles. The van der Waals surface area contributed by atoms with Crippen molar-refractivity contribution in [1.29, 1.82) is 0 Å². The lowest BCUT2D eigenvalue weighted by atomic mass is 10.3. The summed E-state index contributed by atoms with van der Waals surface area (Å²) >= 11 is 9.56. The number of anilines is 2. The van der Waals surface area contributed by atoms with Gasteiger partial charge >= 0.3 is 0 Å². The van der Waals surface area contributed by atoms with Crippen LogP contribution >= 0.6 is 27.5 Å². The monoisotopic (exact) mass is 471 g/mol. The summed E-state index contributed by atoms with van der Waals surface area (Å²) in [6, 6.07) is 14.7. The number of ether oxygens (including phenoxy) is 1. The Morgan fingerprint density at radius 1 is 1.17 bits per heavy atom. The second-order valence-electron chi connectivity index (χ2n) is 6.16. The molecule has 0 saturated heterocycles. The van der Waals surface area contributed by atoms with E-state index >= 15 is 0 Å². The lowest BCUT2D eigenvalue weighted by Crippen LogP contribution is -1.98. The summed E-state index contributed by atoms with van der Waals surface area (Å²) < 4.78 is 8.68. The first-order valence-electron chi connectivity index (χ1n) is 8.53. The van der Waals surface area contributed by atoms with E-state index in [1.807, 2.05) is 48.0 Å². The fourth-order valence-corrected chi connectivity index (χ4v) is 3.24. The number of hydrogen-bond acceptors (Lipinski definition) is 6. The molecule has 0 fully saturated rings. The van der Waals surface area contributed by atoms with E-state index in [0.717, 1.165) is 21.2 Å². The summed E-state index contributed by atoms with van der Waals surface area (Å²) in [6.45, 7) is 0. The van der Waals surface area contributed by atoms with Crippen molar-refractivity contribution in [3.8, 4) is 11.5 Å². The van der Waals surface area contributed by atoms with Gasteiger partial charge in [0.1, 0.15) is 11.5 Å². The Morgan fingerprint density at radius 2 is 2.00 bits per heavy atom. The van der Waals surface area contributed by atoms with Crippen LogP contribution in [-0.2, 0) is 7.05 Å². The number of nitrogens with zero attached hydrogens (tertiary/aromatic N) is 4. The van der Waals surface area contributed by atoms with Gasteiger partial charge in [-0.1, -0.05) is 16.8 Å². The lowest BCUT2D eigenvalue weighted by molar-refractivity contribution is 0.321. The highest BCUT2D eigenvalue weighted by Gasteiger charge is 2.10. The Bertz CT molecular complexity index is 1220. The van der Waals surface area contributed by atoms with Crippen LogP contribution in [0.4, 0.5) is 11.6 Å². The van der Waals surface area contributed by atoms with Gasteiger partial charge in [0.2, 0.25) is 5.95 Å². The highest BCUT2D eigenvalue weighted by molar-refractivity contribution is 9.10. The third-order valence-corrected chi connectivity index (χ3v) is 5.44. The number of halogens is 2. The van der Waals surface area contributed by atoms with Crippen LogP contribution in [-0.4, -0.2) is 26.0 Å². The molecular formula is C20H15BrClN5O2. The number of oxime groups is 1. The largest absolute Gasteiger partial charge is 0.457 e. The molecule has 9 heteroatoms. The van der Waals surface area contributed by atoms with E-state index in [2.05, 4.69) is 36.4 Å². The van der Waals surface area contributed by atoms with Crippen molar-refractivity contribution >= 4 is 56.4 Å². The van der Waals surface area contributed by atoms with Crippen molar-refractivity contribution in [1.82, 2.24) is 14.5 Å². The van der Waals surface area contributed by atoms with Gasteiger partial charge < -0.3 is 19.8 Å². The van der Waals surface area contributed by atoms with Gasteiger partial charge in [-0.15, -0.1) is 0 Å². The maximum absolute atomic E-state index is 8.64. The zero-order valence-corrected chi connectivity index (χ0v) is 17.5. The third-order valence-electron chi connectivity index (χ3n) is 4.21. The van der Waals surface area contributed by atoms with E-state index in [4.69, 9.17) is 21.5 Å². The molecule has 29 heavy (non-hydrogen) atoms. The Labute approximate surface area is 179 Å². The van der Waals surface area contributed by atoms with E-state index in [1.54, 1.807) is 18.3 Å². The first-order valence-corrected chi connectivity index (χ1v) is 9.70. The van der Waals surface area contributed by atoms with E-state index in [9.17, 15) is 0 Å². The predicted octanol–water partition coefficient (Wildman–Crippen LogP) is 5.73. The van der Waals surface area contributed by atoms with Crippen molar-refractivity contribution in [2.45, 2.75) is 0 Å². The summed E-state index contributed by atoms with van der Waals surface area (Å²) in [5.41, 5.74) is 3.05. The Balaban J connectivity index is 1.61. The fourth-order valence-electron chi connectivity index (χ4n) is 2.82. The average molecular weight is 473 g/mol. The standard InChI is InChI=1S/C20H15BrClN5O2/c1-27-19-5-3-14(29-15-6-7-23-13(8-15)11-24-28)10-18(19)26-20(27)25-12-2-4-16(21)17(22)9-12/h2-11,28H,1H3,(H,25,26). The molecule has 0 aliphatic heterocycles. The van der Waals surface area contributed by atoms with Crippen LogP contribution in [0.1, 0.15) is 5.69 Å². The van der Waals surface area contributed by atoms with Gasteiger partial charge in [0, 0.05) is 35.5 Å². The van der Waals surface area contributed by atoms with Gasteiger partial charge in [0.05, 0.1) is 28.0 Å². The molecule has 0 atom stereocenters. The van der Waals surface area contributed by atoms with Crippen LogP contribution in [0.3, 0.4) is 0 Å². The molecule has 4 aromatic rings. The number of pyridine rings is 1. The number of rotatable bonds is 5. The fraction of sp³-hybridized carbons (Fsp3) is 0.0500. The van der Waals surface area contributed by atoms with Crippen LogP contribution in [0.2, 0.25) is 5.02 Å². The maximum Gasteiger partial charge on any atom is 0.208 e. The number of hydrogen-bond donors (Lipinski definition) is 2. The topological polar surface area (TPSA) is 84.6 Å². The van der Waals surface area contributed by atoms with Crippen LogP contribution in [0.5, 0.6) is 11.5 Å². The van der Waals surface area contributed by atoms with Crippen molar-refractivity contribution < 1.29 is 9.94 Å². The highest BCUT2D eigenvalue weighted by Crippen LogP contribution is 2.30. The molecule has 146 valence electrons. The van der Waals surface area contributed by atoms with Crippen LogP contribution in [0.15, 0.2) is 64.4 Å². The first-order chi connectivity index (χ1) is 14.0. The summed E-state index contributed by atoms with van der Waals surface area (Å²) in [5.74, 6) is 1.89. The molecule has 4 rings (SSSR count). The molecule has 0 bridgehead atoms. The molecule has 2 heterocycles. The molecule has 2 N–H and O–H groups in total. The Hall–Kier alpha value is -3.10. The van der Waals surface area contributed by atoms with Gasteiger partial charge in [-0.25, -0.2) is 4.98 Å². The normalized spacial score (nSPS) is 11.3. The van der Waals surface area contributed by atoms with E-state index in [-0.39, 0.29) is 0 Å². The molecule has 0 aliphatic carbocycles. The zero-order valence-electron chi connectivity index (χ0n) is 15.2.